The van der Waals surface area contributed by atoms with Crippen molar-refractivity contribution in [2.75, 3.05) is 32.8 Å². The minimum Gasteiger partial charge on any atom is -0.478 e. The first kappa shape index (κ1) is 21.8. The highest BCUT2D eigenvalue weighted by molar-refractivity contribution is 6.07. The number of carbonyl (C=O) groups excluding carboxylic acids is 1. The molecule has 0 spiro atoms. The summed E-state index contributed by atoms with van der Waals surface area (Å²) in [5.41, 5.74) is 3.00. The maximum Gasteiger partial charge on any atom is 0.252 e. The van der Waals surface area contributed by atoms with Crippen molar-refractivity contribution in [3.63, 3.8) is 0 Å². The van der Waals surface area contributed by atoms with Crippen molar-refractivity contribution in [2.24, 2.45) is 11.8 Å². The summed E-state index contributed by atoms with van der Waals surface area (Å²) < 4.78 is 5.44. The highest BCUT2D eigenvalue weighted by atomic mass is 16.5. The smallest absolute Gasteiger partial charge is 0.252 e. The molecule has 172 valence electrons. The fourth-order valence-corrected chi connectivity index (χ4v) is 5.38. The Balaban J connectivity index is 1.37. The Morgan fingerprint density at radius 1 is 1.18 bits per heavy atom. The zero-order valence-corrected chi connectivity index (χ0v) is 18.9. The molecule has 2 aromatic heterocycles. The first-order valence-corrected chi connectivity index (χ1v) is 11.8. The Labute approximate surface area is 193 Å². The molecule has 33 heavy (non-hydrogen) atoms. The Bertz CT molecular complexity index is 1120. The number of aromatic nitrogens is 2. The number of ether oxygens (including phenoxy) is 1. The molecule has 1 aromatic carbocycles. The SMILES string of the molecule is CCOc1ccc(-c2cc(C(=O)NC3CC4CN(CCO)C[C@@H]4C3)c3ccccc3n2)cn1. The number of aliphatic hydroxyl groups is 1. The number of hydrogen-bond donors (Lipinski definition) is 2. The van der Waals surface area contributed by atoms with E-state index >= 15 is 0 Å². The van der Waals surface area contributed by atoms with Crippen LogP contribution in [0.2, 0.25) is 0 Å². The average molecular weight is 447 g/mol. The Kier molecular flexibility index (Phi) is 6.24. The molecule has 5 rings (SSSR count). The van der Waals surface area contributed by atoms with Gasteiger partial charge < -0.3 is 20.1 Å². The van der Waals surface area contributed by atoms with E-state index in [1.807, 2.05) is 49.4 Å². The van der Waals surface area contributed by atoms with E-state index in [0.29, 0.717) is 29.9 Å². The number of nitrogens with one attached hydrogen (secondary N) is 1. The summed E-state index contributed by atoms with van der Waals surface area (Å²) in [6.07, 6.45) is 3.73. The molecule has 7 heteroatoms. The van der Waals surface area contributed by atoms with Crippen molar-refractivity contribution in [3.8, 4) is 17.1 Å². The third kappa shape index (κ3) is 4.56. The molecule has 3 atom stereocenters. The van der Waals surface area contributed by atoms with Crippen LogP contribution < -0.4 is 10.1 Å². The van der Waals surface area contributed by atoms with Gasteiger partial charge in [0, 0.05) is 48.9 Å². The number of benzene rings is 1. The number of carbonyl (C=O) groups is 1. The second-order valence-corrected chi connectivity index (χ2v) is 9.04. The van der Waals surface area contributed by atoms with Gasteiger partial charge in [-0.25, -0.2) is 9.97 Å². The second-order valence-electron chi connectivity index (χ2n) is 9.04. The number of para-hydroxylation sites is 1. The molecule has 2 N–H and O–H groups in total. The number of pyridine rings is 2. The lowest BCUT2D eigenvalue weighted by Crippen LogP contribution is -2.35. The summed E-state index contributed by atoms with van der Waals surface area (Å²) in [7, 11) is 0. The topological polar surface area (TPSA) is 87.6 Å². The fourth-order valence-electron chi connectivity index (χ4n) is 5.38. The summed E-state index contributed by atoms with van der Waals surface area (Å²) in [6, 6.07) is 13.6. The predicted octanol–water partition coefficient (Wildman–Crippen LogP) is 3.13. The van der Waals surface area contributed by atoms with Gasteiger partial charge in [-0.1, -0.05) is 18.2 Å². The average Bonchev–Trinajstić information content (AvgIpc) is 3.37. The van der Waals surface area contributed by atoms with Gasteiger partial charge in [-0.3, -0.25) is 4.79 Å². The van der Waals surface area contributed by atoms with E-state index in [0.717, 1.165) is 54.6 Å². The number of aliphatic hydroxyl groups excluding tert-OH is 1. The van der Waals surface area contributed by atoms with E-state index < -0.39 is 0 Å². The van der Waals surface area contributed by atoms with Crippen LogP contribution in [0.15, 0.2) is 48.7 Å². The van der Waals surface area contributed by atoms with Gasteiger partial charge in [0.1, 0.15) is 0 Å². The summed E-state index contributed by atoms with van der Waals surface area (Å²) in [4.78, 5) is 24.9. The molecule has 2 fully saturated rings. The molecule has 1 aliphatic carbocycles. The molecule has 1 aliphatic heterocycles. The molecule has 2 unspecified atom stereocenters. The minimum atomic E-state index is -0.0501. The van der Waals surface area contributed by atoms with Crippen LogP contribution in [0.3, 0.4) is 0 Å². The van der Waals surface area contributed by atoms with Gasteiger partial charge in [-0.2, -0.15) is 0 Å². The molecule has 1 amide bonds. The molecule has 2 aliphatic rings. The van der Waals surface area contributed by atoms with Crippen molar-refractivity contribution < 1.29 is 14.6 Å². The van der Waals surface area contributed by atoms with E-state index in [-0.39, 0.29) is 18.6 Å². The third-order valence-electron chi connectivity index (χ3n) is 6.86. The zero-order valence-electron chi connectivity index (χ0n) is 18.9. The molecule has 0 radical (unpaired) electrons. The summed E-state index contributed by atoms with van der Waals surface area (Å²) in [5, 5.41) is 13.4. The standard InChI is InChI=1S/C26H30N4O3/c1-2-33-25-8-7-17(14-27-25)24-13-22(21-5-3-4-6-23(21)29-24)26(32)28-20-11-18-15-30(9-10-31)16-19(18)12-20/h3-8,13-14,18-20,31H,2,9-12,15-16H2,1H3,(H,28,32)/t18-,19?,20?/m0/s1. The summed E-state index contributed by atoms with van der Waals surface area (Å²) >= 11 is 0. The van der Waals surface area contributed by atoms with Crippen molar-refractivity contribution in [1.82, 2.24) is 20.2 Å². The number of hydrogen-bond acceptors (Lipinski definition) is 6. The van der Waals surface area contributed by atoms with Gasteiger partial charge in [-0.15, -0.1) is 0 Å². The lowest BCUT2D eigenvalue weighted by Gasteiger charge is -2.19. The van der Waals surface area contributed by atoms with E-state index in [2.05, 4.69) is 15.2 Å². The Morgan fingerprint density at radius 3 is 2.67 bits per heavy atom. The molecular weight excluding hydrogens is 416 g/mol. The lowest BCUT2D eigenvalue weighted by atomic mass is 10.0. The lowest BCUT2D eigenvalue weighted by molar-refractivity contribution is 0.0936. The van der Waals surface area contributed by atoms with Crippen LogP contribution in [-0.2, 0) is 0 Å². The Morgan fingerprint density at radius 2 is 1.97 bits per heavy atom. The first-order chi connectivity index (χ1) is 16.1. The van der Waals surface area contributed by atoms with Gasteiger partial charge in [0.2, 0.25) is 5.88 Å². The molecule has 3 aromatic rings. The van der Waals surface area contributed by atoms with Gasteiger partial charge in [0.25, 0.3) is 5.91 Å². The number of nitrogens with zero attached hydrogens (tertiary/aromatic N) is 3. The van der Waals surface area contributed by atoms with Gasteiger partial charge in [0.05, 0.1) is 30.0 Å². The summed E-state index contributed by atoms with van der Waals surface area (Å²) in [5.74, 6) is 1.72. The van der Waals surface area contributed by atoms with Crippen LogP contribution >= 0.6 is 0 Å². The third-order valence-corrected chi connectivity index (χ3v) is 6.86. The van der Waals surface area contributed by atoms with Gasteiger partial charge in [0.15, 0.2) is 0 Å². The number of likely N-dealkylation sites (tertiary alicyclic amines) is 1. The highest BCUT2D eigenvalue weighted by Crippen LogP contribution is 2.38. The molecular formula is C26H30N4O3. The van der Waals surface area contributed by atoms with Crippen molar-refractivity contribution in [3.05, 3.63) is 54.2 Å². The Hall–Kier alpha value is -3.03. The van der Waals surface area contributed by atoms with E-state index in [1.54, 1.807) is 6.20 Å². The van der Waals surface area contributed by atoms with Crippen LogP contribution in [0.5, 0.6) is 5.88 Å². The number of rotatable bonds is 7. The van der Waals surface area contributed by atoms with Gasteiger partial charge >= 0.3 is 0 Å². The van der Waals surface area contributed by atoms with Crippen molar-refractivity contribution in [1.29, 1.82) is 0 Å². The molecule has 1 saturated carbocycles. The zero-order chi connectivity index (χ0) is 22.8. The first-order valence-electron chi connectivity index (χ1n) is 11.8. The summed E-state index contributed by atoms with van der Waals surface area (Å²) in [6.45, 7) is 5.48. The molecule has 0 bridgehead atoms. The molecule has 7 nitrogen and oxygen atoms in total. The van der Waals surface area contributed by atoms with Crippen LogP contribution in [0, 0.1) is 11.8 Å². The maximum absolute atomic E-state index is 13.4. The monoisotopic (exact) mass is 446 g/mol. The van der Waals surface area contributed by atoms with Crippen LogP contribution in [-0.4, -0.2) is 64.8 Å². The minimum absolute atomic E-state index is 0.0501. The largest absolute Gasteiger partial charge is 0.478 e. The van der Waals surface area contributed by atoms with Crippen molar-refractivity contribution >= 4 is 16.8 Å². The normalized spacial score (nSPS) is 22.4. The van der Waals surface area contributed by atoms with E-state index in [4.69, 9.17) is 9.72 Å². The number of β-amino-alcohol motifs (C(OH)–C–C–N with tert-alkyl or cyclic N) is 1. The highest BCUT2D eigenvalue weighted by Gasteiger charge is 2.41. The molecule has 3 heterocycles. The van der Waals surface area contributed by atoms with Crippen LogP contribution in [0.4, 0.5) is 0 Å². The number of fused-ring (bicyclic) bond motifs is 2. The quantitative estimate of drug-likeness (QED) is 0.580. The van der Waals surface area contributed by atoms with Crippen LogP contribution in [0.1, 0.15) is 30.1 Å². The predicted molar refractivity (Wildman–Crippen MR) is 127 cm³/mol. The van der Waals surface area contributed by atoms with Gasteiger partial charge in [-0.05, 0) is 49.8 Å². The van der Waals surface area contributed by atoms with E-state index in [9.17, 15) is 9.90 Å². The van der Waals surface area contributed by atoms with Crippen LogP contribution in [0.25, 0.3) is 22.2 Å². The number of amides is 1. The second kappa shape index (κ2) is 9.45. The fraction of sp³-hybridized carbons (Fsp3) is 0.423. The maximum atomic E-state index is 13.4. The van der Waals surface area contributed by atoms with E-state index in [1.165, 1.54) is 0 Å². The molecule has 1 saturated heterocycles. The van der Waals surface area contributed by atoms with Crippen molar-refractivity contribution in [2.45, 2.75) is 25.8 Å².